The summed E-state index contributed by atoms with van der Waals surface area (Å²) < 4.78 is 81.0. The number of phosphoric acid groups is 2. The number of anilines is 1. The van der Waals surface area contributed by atoms with Crippen LogP contribution >= 0.6 is 15.6 Å². The van der Waals surface area contributed by atoms with Crippen LogP contribution in [-0.2, 0) is 55.6 Å². The van der Waals surface area contributed by atoms with Crippen molar-refractivity contribution in [1.29, 1.82) is 0 Å². The van der Waals surface area contributed by atoms with Gasteiger partial charge in [0.05, 0.1) is 38.9 Å². The molecule has 81 heavy (non-hydrogen) atoms. The molecule has 2 aromatic rings. The largest absolute Gasteiger partial charge is 0.756 e. The molecule has 5 atom stereocenters. The molecule has 1 fully saturated rings. The van der Waals surface area contributed by atoms with E-state index < -0.39 is 34.1 Å². The molecule has 474 valence electrons. The molecule has 0 aliphatic carbocycles. The number of aliphatic hydroxyl groups is 1. The predicted octanol–water partition coefficient (Wildman–Crippen LogP) is 11.4. The molecule has 0 spiro atoms. The second-order valence-electron chi connectivity index (χ2n) is 21.6. The normalized spacial score (nSPS) is 17.2. The molecular formula is C58H110N6O15P2-2. The molecule has 1 aliphatic heterocycles. The minimum Gasteiger partial charge on any atom is -0.756 e. The SMILES string of the molecule is NCCCCCCCCCCCCOP(=O)([O-])OCCCCCCOCCCCCCOCCCCCCOCCCCCCOCCCCCCOCCCCCCOP(=O)([O-])OC[C@H]1O[C@@H](n2cnc3c(N)ncnc32)C[C@@H]1O. The van der Waals surface area contributed by atoms with Crippen LogP contribution in [0.5, 0.6) is 0 Å². The number of ether oxygens (including phenoxy) is 6. The van der Waals surface area contributed by atoms with Crippen molar-refractivity contribution >= 4 is 32.6 Å². The van der Waals surface area contributed by atoms with Crippen molar-refractivity contribution in [3.8, 4) is 0 Å². The molecule has 0 saturated carbocycles. The Morgan fingerprint density at radius 2 is 0.778 bits per heavy atom. The van der Waals surface area contributed by atoms with E-state index in [0.717, 1.165) is 201 Å². The topological polar surface area (TPSA) is 288 Å². The first-order valence-corrected chi connectivity index (χ1v) is 34.6. The standard InChI is InChI=1S/C58H112N6O15P2/c59-35-21-7-5-3-1-2-4-6-8-32-46-75-80(66,67)76-47-33-19-17-30-44-73-42-28-15-13-26-40-71-38-24-11-9-22-36-70-37-23-10-12-25-39-72-41-27-14-16-29-43-74-45-31-18-20-34-48-77-81(68,69)78-50-54-53(65)49-55(79-54)64-52-63-56-57(60)61-51-62-58(56)64/h51-55,65H,1-50,59H2,(H,66,67)(H,68,69)(H2,60,61,62)/p-2/t53-,54+,55+/m0/s1. The highest BCUT2D eigenvalue weighted by molar-refractivity contribution is 7.46. The molecular weight excluding hydrogens is 1080 g/mol. The first-order valence-electron chi connectivity index (χ1n) is 31.7. The number of hydrogen-bond donors (Lipinski definition) is 3. The molecule has 5 N–H and O–H groups in total. The maximum absolute atomic E-state index is 12.3. The summed E-state index contributed by atoms with van der Waals surface area (Å²) in [5.41, 5.74) is 12.3. The molecule has 1 saturated heterocycles. The molecule has 0 amide bonds. The van der Waals surface area contributed by atoms with Crippen LogP contribution in [0.15, 0.2) is 12.7 Å². The second kappa shape index (κ2) is 50.4. The summed E-state index contributed by atoms with van der Waals surface area (Å²) in [4.78, 5) is 36.6. The lowest BCUT2D eigenvalue weighted by Crippen LogP contribution is -2.27. The minimum atomic E-state index is -4.55. The Bertz CT molecular complexity index is 1850. The van der Waals surface area contributed by atoms with E-state index in [2.05, 4.69) is 15.0 Å². The molecule has 0 bridgehead atoms. The molecule has 2 aromatic heterocycles. The van der Waals surface area contributed by atoms with Crippen LogP contribution in [0.4, 0.5) is 5.82 Å². The van der Waals surface area contributed by atoms with Crippen LogP contribution in [0, 0.1) is 0 Å². The van der Waals surface area contributed by atoms with Crippen LogP contribution in [-0.4, -0.2) is 136 Å². The third-order valence-corrected chi connectivity index (χ3v) is 16.3. The minimum absolute atomic E-state index is 0.0289. The quantitative estimate of drug-likeness (QED) is 0.0410. The van der Waals surface area contributed by atoms with Crippen LogP contribution in [0.1, 0.15) is 231 Å². The van der Waals surface area contributed by atoms with Gasteiger partial charge in [-0.05, 0) is 96.4 Å². The van der Waals surface area contributed by atoms with Gasteiger partial charge in [-0.1, -0.05) is 128 Å². The first-order chi connectivity index (χ1) is 39.6. The smallest absolute Gasteiger partial charge is 0.267 e. The predicted molar refractivity (Wildman–Crippen MR) is 313 cm³/mol. The van der Waals surface area contributed by atoms with E-state index in [1.807, 2.05) is 0 Å². The van der Waals surface area contributed by atoms with E-state index in [9.17, 15) is 24.0 Å². The van der Waals surface area contributed by atoms with Crippen LogP contribution in [0.3, 0.4) is 0 Å². The summed E-state index contributed by atoms with van der Waals surface area (Å²) in [6, 6.07) is 0. The van der Waals surface area contributed by atoms with Crippen molar-refractivity contribution in [3.63, 3.8) is 0 Å². The lowest BCUT2D eigenvalue weighted by atomic mass is 10.1. The number of aliphatic hydroxyl groups excluding tert-OH is 1. The summed E-state index contributed by atoms with van der Waals surface area (Å²) in [5, 5.41) is 10.5. The fourth-order valence-corrected chi connectivity index (χ4v) is 11.0. The van der Waals surface area contributed by atoms with Crippen molar-refractivity contribution in [2.75, 3.05) is 105 Å². The fourth-order valence-electron chi connectivity index (χ4n) is 9.42. The van der Waals surface area contributed by atoms with Gasteiger partial charge < -0.3 is 72.9 Å². The number of nitrogens with two attached hydrogens (primary N) is 2. The second-order valence-corrected chi connectivity index (χ2v) is 24.4. The zero-order valence-corrected chi connectivity index (χ0v) is 51.5. The number of hydrogen-bond acceptors (Lipinski definition) is 20. The van der Waals surface area contributed by atoms with E-state index >= 15 is 0 Å². The highest BCUT2D eigenvalue weighted by Gasteiger charge is 2.37. The van der Waals surface area contributed by atoms with Crippen molar-refractivity contribution < 1.29 is 70.5 Å². The van der Waals surface area contributed by atoms with E-state index in [1.54, 1.807) is 4.57 Å². The molecule has 1 aliphatic rings. The number of unbranched alkanes of at least 4 members (excludes halogenated alkanes) is 27. The van der Waals surface area contributed by atoms with E-state index in [4.69, 9.17) is 58.0 Å². The van der Waals surface area contributed by atoms with Crippen LogP contribution < -0.4 is 21.3 Å². The van der Waals surface area contributed by atoms with Gasteiger partial charge in [-0.25, -0.2) is 15.0 Å². The van der Waals surface area contributed by atoms with Gasteiger partial charge in [-0.15, -0.1) is 0 Å². The molecule has 0 radical (unpaired) electrons. The molecule has 21 nitrogen and oxygen atoms in total. The van der Waals surface area contributed by atoms with Gasteiger partial charge in [0, 0.05) is 72.5 Å². The molecule has 2 unspecified atom stereocenters. The number of aromatic nitrogens is 4. The summed E-state index contributed by atoms with van der Waals surface area (Å²) >= 11 is 0. The third-order valence-electron chi connectivity index (χ3n) is 14.3. The lowest BCUT2D eigenvalue weighted by molar-refractivity contribution is -0.229. The van der Waals surface area contributed by atoms with Crippen molar-refractivity contribution in [2.45, 2.75) is 243 Å². The maximum atomic E-state index is 12.3. The first kappa shape index (κ1) is 73.5. The Balaban J connectivity index is 0.907. The lowest BCUT2D eigenvalue weighted by Gasteiger charge is -2.25. The Morgan fingerprint density at radius 1 is 0.469 bits per heavy atom. The van der Waals surface area contributed by atoms with Crippen molar-refractivity contribution in [3.05, 3.63) is 12.7 Å². The van der Waals surface area contributed by atoms with Gasteiger partial charge in [0.25, 0.3) is 15.6 Å². The molecule has 3 heterocycles. The highest BCUT2D eigenvalue weighted by atomic mass is 31.2. The number of imidazole rings is 1. The number of nitrogens with zero attached hydrogens (tertiary/aromatic N) is 4. The summed E-state index contributed by atoms with van der Waals surface area (Å²) in [7, 11) is -8.75. The number of nitrogen functional groups attached to an aromatic ring is 1. The number of fused-ring (bicyclic) bond motifs is 1. The van der Waals surface area contributed by atoms with Gasteiger partial charge in [0.1, 0.15) is 24.2 Å². The van der Waals surface area contributed by atoms with Crippen LogP contribution in [0.2, 0.25) is 0 Å². The zero-order valence-electron chi connectivity index (χ0n) is 49.7. The average molecular weight is 1190 g/mol. The van der Waals surface area contributed by atoms with Gasteiger partial charge in [0.2, 0.25) is 0 Å². The number of rotatable bonds is 61. The fraction of sp³-hybridized carbons (Fsp3) is 0.914. The number of phosphoric ester groups is 2. The zero-order chi connectivity index (χ0) is 58.0. The molecule has 0 aromatic carbocycles. The Morgan fingerprint density at radius 3 is 1.12 bits per heavy atom. The molecule has 23 heteroatoms. The van der Waals surface area contributed by atoms with Gasteiger partial charge in [-0.3, -0.25) is 13.7 Å². The average Bonchev–Trinajstić information content (AvgIpc) is 4.13. The van der Waals surface area contributed by atoms with Crippen LogP contribution in [0.25, 0.3) is 11.2 Å². The van der Waals surface area contributed by atoms with Crippen molar-refractivity contribution in [2.24, 2.45) is 5.73 Å². The monoisotopic (exact) mass is 1190 g/mol. The van der Waals surface area contributed by atoms with Crippen molar-refractivity contribution in [1.82, 2.24) is 19.5 Å². The van der Waals surface area contributed by atoms with Gasteiger partial charge in [0.15, 0.2) is 11.5 Å². The Kier molecular flexibility index (Phi) is 45.7. The third kappa shape index (κ3) is 40.3. The highest BCUT2D eigenvalue weighted by Crippen LogP contribution is 2.41. The maximum Gasteiger partial charge on any atom is 0.267 e. The van der Waals surface area contributed by atoms with Gasteiger partial charge >= 0.3 is 0 Å². The van der Waals surface area contributed by atoms with E-state index in [1.165, 1.54) is 83.3 Å². The Labute approximate surface area is 487 Å². The van der Waals surface area contributed by atoms with Gasteiger partial charge in [-0.2, -0.15) is 0 Å². The van der Waals surface area contributed by atoms with E-state index in [-0.39, 0.29) is 38.7 Å². The summed E-state index contributed by atoms with van der Waals surface area (Å²) in [5.74, 6) is 0.231. The summed E-state index contributed by atoms with van der Waals surface area (Å²) in [6.45, 7) is 8.85. The molecule has 3 rings (SSSR count). The summed E-state index contributed by atoms with van der Waals surface area (Å²) in [6.07, 6.45) is 37.0. The Hall–Kier alpha value is -1.75. The van der Waals surface area contributed by atoms with E-state index in [0.29, 0.717) is 30.6 Å².